The number of hydrogen-bond donors (Lipinski definition) is 2. The Morgan fingerprint density at radius 3 is 2.71 bits per heavy atom. The van der Waals surface area contributed by atoms with E-state index in [4.69, 9.17) is 4.65 Å². The molecule has 2 aromatic carbocycles. The normalized spacial score (nSPS) is 15.6. The third-order valence-electron chi connectivity index (χ3n) is 5.03. The lowest BCUT2D eigenvalue weighted by atomic mass is 9.64. The van der Waals surface area contributed by atoms with E-state index in [9.17, 15) is 14.6 Å². The summed E-state index contributed by atoms with van der Waals surface area (Å²) in [5, 5.41) is 10.4. The van der Waals surface area contributed by atoms with Crippen molar-refractivity contribution in [2.45, 2.75) is 25.6 Å². The van der Waals surface area contributed by atoms with Gasteiger partial charge in [0.1, 0.15) is 11.6 Å². The van der Waals surface area contributed by atoms with Crippen molar-refractivity contribution in [2.75, 3.05) is 0 Å². The fraction of sp³-hybridized carbons (Fsp3) is 0.190. The van der Waals surface area contributed by atoms with Gasteiger partial charge in [-0.2, -0.15) is 0 Å². The molecule has 1 atom stereocenters. The van der Waals surface area contributed by atoms with Crippen molar-refractivity contribution in [3.63, 3.8) is 0 Å². The SMILES string of the molecule is CC(=O)c1cccc2c1OB(O)[C@@H](CC(=O)c1ccc(-c3ncc[nH]3)cc1)C2. The number of hydrogen-bond acceptors (Lipinski definition) is 5. The minimum atomic E-state index is -1.13. The van der Waals surface area contributed by atoms with Gasteiger partial charge in [-0.3, -0.25) is 9.59 Å². The van der Waals surface area contributed by atoms with Crippen LogP contribution in [-0.2, 0) is 6.42 Å². The monoisotopic (exact) mass is 374 g/mol. The summed E-state index contributed by atoms with van der Waals surface area (Å²) in [5.74, 6) is 0.619. The van der Waals surface area contributed by atoms with Crippen LogP contribution >= 0.6 is 0 Å². The van der Waals surface area contributed by atoms with Crippen molar-refractivity contribution < 1.29 is 19.3 Å². The fourth-order valence-corrected chi connectivity index (χ4v) is 3.53. The van der Waals surface area contributed by atoms with Gasteiger partial charge in [-0.25, -0.2) is 4.98 Å². The van der Waals surface area contributed by atoms with E-state index in [2.05, 4.69) is 9.97 Å². The quantitative estimate of drug-likeness (QED) is 0.528. The minimum absolute atomic E-state index is 0.0650. The lowest BCUT2D eigenvalue weighted by molar-refractivity contribution is 0.0971. The van der Waals surface area contributed by atoms with Gasteiger partial charge in [-0.1, -0.05) is 36.4 Å². The molecule has 0 saturated heterocycles. The van der Waals surface area contributed by atoms with Crippen LogP contribution in [0.15, 0.2) is 54.9 Å². The van der Waals surface area contributed by atoms with Crippen molar-refractivity contribution >= 4 is 18.7 Å². The van der Waals surface area contributed by atoms with Crippen molar-refractivity contribution in [3.8, 4) is 17.1 Å². The summed E-state index contributed by atoms with van der Waals surface area (Å²) >= 11 is 0. The van der Waals surface area contributed by atoms with Gasteiger partial charge in [0.25, 0.3) is 0 Å². The van der Waals surface area contributed by atoms with E-state index in [0.29, 0.717) is 23.3 Å². The highest BCUT2D eigenvalue weighted by molar-refractivity contribution is 6.47. The smallest absolute Gasteiger partial charge is 0.526 e. The summed E-state index contributed by atoms with van der Waals surface area (Å²) < 4.78 is 5.61. The Morgan fingerprint density at radius 2 is 2.04 bits per heavy atom. The first-order valence-corrected chi connectivity index (χ1v) is 9.13. The van der Waals surface area contributed by atoms with Gasteiger partial charge in [-0.05, 0) is 25.0 Å². The van der Waals surface area contributed by atoms with Crippen molar-refractivity contribution in [2.24, 2.45) is 0 Å². The van der Waals surface area contributed by atoms with Gasteiger partial charge in [0.05, 0.1) is 5.56 Å². The van der Waals surface area contributed by atoms with Crippen LogP contribution in [0.2, 0.25) is 5.82 Å². The van der Waals surface area contributed by atoms with Crippen LogP contribution in [0.3, 0.4) is 0 Å². The molecule has 0 aliphatic carbocycles. The van der Waals surface area contributed by atoms with Gasteiger partial charge in [0, 0.05) is 35.8 Å². The van der Waals surface area contributed by atoms with Crippen LogP contribution in [0.5, 0.6) is 5.75 Å². The highest BCUT2D eigenvalue weighted by Crippen LogP contribution is 2.36. The average molecular weight is 374 g/mol. The second kappa shape index (κ2) is 7.44. The Labute approximate surface area is 162 Å². The van der Waals surface area contributed by atoms with E-state index >= 15 is 0 Å². The number of nitrogens with zero attached hydrogens (tertiary/aromatic N) is 1. The Balaban J connectivity index is 1.49. The number of fused-ring (bicyclic) bond motifs is 1. The maximum Gasteiger partial charge on any atom is 0.526 e. The number of imidazole rings is 1. The molecule has 28 heavy (non-hydrogen) atoms. The standard InChI is InChI=1S/C21H19BN2O4/c1-13(25)18-4-2-3-16-11-17(22(27)28-20(16)18)12-19(26)14-5-7-15(8-6-14)21-23-9-10-24-21/h2-10,17,27H,11-12H2,1H3,(H,23,24)/t17-/m1/s1. The van der Waals surface area contributed by atoms with Gasteiger partial charge in [0.2, 0.25) is 0 Å². The lowest BCUT2D eigenvalue weighted by Crippen LogP contribution is -2.35. The molecular formula is C21H19BN2O4. The molecule has 0 amide bonds. The molecule has 2 heterocycles. The molecule has 6 nitrogen and oxygen atoms in total. The lowest BCUT2D eigenvalue weighted by Gasteiger charge is -2.28. The van der Waals surface area contributed by atoms with E-state index < -0.39 is 7.12 Å². The molecule has 0 spiro atoms. The molecule has 0 bridgehead atoms. The van der Waals surface area contributed by atoms with Gasteiger partial charge in [0.15, 0.2) is 11.6 Å². The Bertz CT molecular complexity index is 1020. The topological polar surface area (TPSA) is 92.3 Å². The van der Waals surface area contributed by atoms with Crippen LogP contribution in [0.25, 0.3) is 11.4 Å². The summed E-state index contributed by atoms with van der Waals surface area (Å²) in [7, 11) is -1.13. The number of aromatic nitrogens is 2. The Hall–Kier alpha value is -3.19. The summed E-state index contributed by atoms with van der Waals surface area (Å²) in [6.07, 6.45) is 4.06. The minimum Gasteiger partial charge on any atom is -0.535 e. The van der Waals surface area contributed by atoms with E-state index in [1.165, 1.54) is 6.92 Å². The molecule has 2 N–H and O–H groups in total. The highest BCUT2D eigenvalue weighted by Gasteiger charge is 2.37. The molecule has 1 aliphatic rings. The summed E-state index contributed by atoms with van der Waals surface area (Å²) in [6.45, 7) is 1.47. The third-order valence-corrected chi connectivity index (χ3v) is 5.03. The molecule has 0 radical (unpaired) electrons. The number of carbonyl (C=O) groups is 2. The summed E-state index contributed by atoms with van der Waals surface area (Å²) in [6, 6.07) is 12.5. The van der Waals surface area contributed by atoms with Crippen LogP contribution in [0.4, 0.5) is 0 Å². The molecule has 7 heteroatoms. The molecule has 4 rings (SSSR count). The summed E-state index contributed by atoms with van der Waals surface area (Å²) in [4.78, 5) is 31.7. The number of H-pyrrole nitrogens is 1. The van der Waals surface area contributed by atoms with Crippen molar-refractivity contribution in [3.05, 3.63) is 71.5 Å². The number of aromatic amines is 1. The van der Waals surface area contributed by atoms with Crippen LogP contribution in [0.1, 0.15) is 39.6 Å². The number of para-hydroxylation sites is 1. The second-order valence-corrected chi connectivity index (χ2v) is 6.97. The van der Waals surface area contributed by atoms with E-state index in [1.807, 2.05) is 18.2 Å². The van der Waals surface area contributed by atoms with E-state index in [0.717, 1.165) is 17.0 Å². The van der Waals surface area contributed by atoms with Crippen molar-refractivity contribution in [1.82, 2.24) is 9.97 Å². The predicted octanol–water partition coefficient (Wildman–Crippen LogP) is 3.34. The number of benzene rings is 2. The van der Waals surface area contributed by atoms with Crippen LogP contribution < -0.4 is 4.65 Å². The number of nitrogens with one attached hydrogen (secondary N) is 1. The second-order valence-electron chi connectivity index (χ2n) is 6.97. The molecule has 0 fully saturated rings. The number of carbonyl (C=O) groups excluding carboxylic acids is 2. The third kappa shape index (κ3) is 3.49. The maximum absolute atomic E-state index is 12.7. The van der Waals surface area contributed by atoms with Crippen molar-refractivity contribution in [1.29, 1.82) is 0 Å². The fourth-order valence-electron chi connectivity index (χ4n) is 3.53. The van der Waals surface area contributed by atoms with Crippen LogP contribution in [0, 0.1) is 0 Å². The zero-order chi connectivity index (χ0) is 19.7. The average Bonchev–Trinajstić information content (AvgIpc) is 3.23. The molecule has 1 aliphatic heterocycles. The first-order chi connectivity index (χ1) is 13.5. The number of Topliss-reactive ketones (excluding diaryl/α,β-unsaturated/α-hetero) is 2. The predicted molar refractivity (Wildman–Crippen MR) is 105 cm³/mol. The Morgan fingerprint density at radius 1 is 1.25 bits per heavy atom. The molecule has 0 unspecified atom stereocenters. The van der Waals surface area contributed by atoms with Crippen LogP contribution in [-0.4, -0.2) is 33.7 Å². The van der Waals surface area contributed by atoms with E-state index in [1.54, 1.807) is 36.7 Å². The molecule has 140 valence electrons. The zero-order valence-corrected chi connectivity index (χ0v) is 15.4. The first kappa shape index (κ1) is 18.2. The molecular weight excluding hydrogens is 355 g/mol. The van der Waals surface area contributed by atoms with Gasteiger partial charge < -0.3 is 14.7 Å². The number of rotatable bonds is 5. The number of ketones is 2. The molecule has 0 saturated carbocycles. The van der Waals surface area contributed by atoms with Gasteiger partial charge in [-0.15, -0.1) is 0 Å². The van der Waals surface area contributed by atoms with Gasteiger partial charge >= 0.3 is 7.12 Å². The summed E-state index contributed by atoms with van der Waals surface area (Å²) in [5.41, 5.74) is 2.76. The van der Waals surface area contributed by atoms with E-state index in [-0.39, 0.29) is 23.8 Å². The maximum atomic E-state index is 12.7. The molecule has 3 aromatic rings. The largest absolute Gasteiger partial charge is 0.535 e. The first-order valence-electron chi connectivity index (χ1n) is 9.13. The zero-order valence-electron chi connectivity index (χ0n) is 15.4. The highest BCUT2D eigenvalue weighted by atomic mass is 16.5. The Kier molecular flexibility index (Phi) is 4.83. The molecule has 1 aromatic heterocycles.